The van der Waals surface area contributed by atoms with Gasteiger partial charge in [-0.15, -0.1) is 0 Å². The van der Waals surface area contributed by atoms with Crippen molar-refractivity contribution in [3.05, 3.63) is 166 Å². The molecule has 0 radical (unpaired) electrons. The number of hydrogen-bond donors (Lipinski definition) is 5. The normalized spacial score (nSPS) is 11.6. The van der Waals surface area contributed by atoms with E-state index in [1.54, 1.807) is 55.6 Å². The molecule has 0 unspecified atom stereocenters. The zero-order valence-electron chi connectivity index (χ0n) is 41.6. The van der Waals surface area contributed by atoms with Gasteiger partial charge in [0.05, 0.1) is 28.6 Å². The highest BCUT2D eigenvalue weighted by Crippen LogP contribution is 2.42. The van der Waals surface area contributed by atoms with Crippen LogP contribution >= 0.6 is 0 Å². The van der Waals surface area contributed by atoms with Gasteiger partial charge in [-0.05, 0) is 109 Å². The van der Waals surface area contributed by atoms with Gasteiger partial charge in [0, 0.05) is 106 Å². The summed E-state index contributed by atoms with van der Waals surface area (Å²) in [5.41, 5.74) is 5.03. The number of carbonyl (C=O) groups excluding carboxylic acids is 3. The topological polar surface area (TPSA) is 207 Å². The Balaban J connectivity index is 0.824. The molecule has 3 heterocycles. The molecule has 5 N–H and O–H groups in total. The van der Waals surface area contributed by atoms with E-state index in [0.29, 0.717) is 74.9 Å². The third-order valence-corrected chi connectivity index (χ3v) is 14.4. The van der Waals surface area contributed by atoms with E-state index in [-0.39, 0.29) is 41.3 Å². The molecule has 2 aromatic heterocycles. The maximum atomic E-state index is 15.6. The molecule has 75 heavy (non-hydrogen) atoms. The van der Waals surface area contributed by atoms with E-state index >= 15 is 8.78 Å². The molecule has 15 nitrogen and oxygen atoms in total. The van der Waals surface area contributed by atoms with Gasteiger partial charge in [0.15, 0.2) is 11.6 Å². The number of H-pyrrole nitrogens is 1. The summed E-state index contributed by atoms with van der Waals surface area (Å²) in [6.45, 7) is 2.26. The fourth-order valence-corrected chi connectivity index (χ4v) is 10.1. The second-order valence-electron chi connectivity index (χ2n) is 18.5. The number of fused-ring (bicyclic) bond motifs is 5. The number of rotatable bonds is 17. The van der Waals surface area contributed by atoms with Crippen LogP contribution in [-0.2, 0) is 10.0 Å². The van der Waals surface area contributed by atoms with Crippen molar-refractivity contribution in [1.82, 2.24) is 25.2 Å². The lowest BCUT2D eigenvalue weighted by molar-refractivity contribution is 0.0697. The van der Waals surface area contributed by atoms with Crippen LogP contribution in [0.2, 0.25) is 0 Å². The highest BCUT2D eigenvalue weighted by molar-refractivity contribution is 7.92. The Kier molecular flexibility index (Phi) is 14.3. The monoisotopic (exact) mass is 1030 g/mol. The number of halogens is 2. The van der Waals surface area contributed by atoms with E-state index in [4.69, 9.17) is 4.42 Å². The molecule has 1 aliphatic heterocycles. The van der Waals surface area contributed by atoms with Crippen molar-refractivity contribution in [2.45, 2.75) is 26.2 Å². The lowest BCUT2D eigenvalue weighted by atomic mass is 9.89. The van der Waals surface area contributed by atoms with Gasteiger partial charge in [-0.25, -0.2) is 31.6 Å². The van der Waals surface area contributed by atoms with Crippen molar-refractivity contribution < 1.29 is 45.9 Å². The first-order valence-corrected chi connectivity index (χ1v) is 25.7. The standard InChI is InChI=1S/C57H51F2N7O8S/c1-6-25-75(72,73)64-47-22-20-45(58)51(52(47)59)53(67)34-14-21-46-42(26-34)43-28-36(31-62-54(43)63-46)32-9-11-33(12-10-32)55(68)60-23-7-8-24-61-56(69)35-13-17-39(44(27-35)57(70)71)50-40-18-15-37(65(2)3)29-48(40)74-49-30-38(66(4)5)16-19-41(49)50/h9-22,26-31,64H,6-8,23-25H2,1-5H3,(H3-,60,61,62,63,67,68,69,70,71)/p+1. The van der Waals surface area contributed by atoms with Gasteiger partial charge in [0.2, 0.25) is 15.4 Å². The third-order valence-electron chi connectivity index (χ3n) is 12.9. The number of amides is 2. The minimum absolute atomic E-state index is 0.0274. The van der Waals surface area contributed by atoms with Gasteiger partial charge in [-0.1, -0.05) is 25.1 Å². The summed E-state index contributed by atoms with van der Waals surface area (Å²) >= 11 is 0. The molecule has 0 fully saturated rings. The highest BCUT2D eigenvalue weighted by Gasteiger charge is 2.26. The third kappa shape index (κ3) is 10.5. The van der Waals surface area contributed by atoms with Gasteiger partial charge in [-0.3, -0.25) is 19.1 Å². The van der Waals surface area contributed by atoms with Crippen molar-refractivity contribution in [3.63, 3.8) is 0 Å². The molecule has 0 atom stereocenters. The number of unbranched alkanes of at least 4 members (excludes halogenated alkanes) is 1. The van der Waals surface area contributed by atoms with Crippen LogP contribution in [0.15, 0.2) is 126 Å². The maximum Gasteiger partial charge on any atom is 0.336 e. The van der Waals surface area contributed by atoms with E-state index in [9.17, 15) is 32.7 Å². The summed E-state index contributed by atoms with van der Waals surface area (Å²) in [6, 6.07) is 31.3. The second kappa shape index (κ2) is 21.0. The van der Waals surface area contributed by atoms with Gasteiger partial charge >= 0.3 is 5.97 Å². The van der Waals surface area contributed by atoms with Gasteiger partial charge in [0.1, 0.15) is 36.9 Å². The number of aromatic carboxylic acids is 1. The Morgan fingerprint density at radius 3 is 2.13 bits per heavy atom. The van der Waals surface area contributed by atoms with Crippen LogP contribution in [0.5, 0.6) is 0 Å². The minimum Gasteiger partial charge on any atom is -0.478 e. The second-order valence-corrected chi connectivity index (χ2v) is 20.4. The molecule has 2 amide bonds. The number of anilines is 2. The number of aromatic nitrogens is 2. The SMILES string of the molecule is CCCS(=O)(=O)Nc1ccc(F)c(C(=O)c2ccc3[nH]c4ncc(-c5ccc(C(=O)NCCCCNC(=O)c6ccc(-c7c8ccc(=[N+](C)C)cc-8oc8cc(N(C)C)ccc78)c(C(=O)O)c6)cc5)cc4c3c2)c1F. The first-order chi connectivity index (χ1) is 35.9. The van der Waals surface area contributed by atoms with E-state index in [1.807, 2.05) is 80.1 Å². The number of pyridine rings is 1. The van der Waals surface area contributed by atoms with Crippen molar-refractivity contribution >= 4 is 77.9 Å². The van der Waals surface area contributed by atoms with Crippen molar-refractivity contribution in [2.24, 2.45) is 0 Å². The number of aromatic amines is 1. The number of benzene rings is 6. The number of carboxylic acids is 1. The molecule has 0 bridgehead atoms. The lowest BCUT2D eigenvalue weighted by Crippen LogP contribution is -2.27. The quantitative estimate of drug-likeness (QED) is 0.0253. The molecule has 382 valence electrons. The average molecular weight is 1030 g/mol. The summed E-state index contributed by atoms with van der Waals surface area (Å²) in [4.78, 5) is 62.7. The molecule has 0 saturated carbocycles. The predicted molar refractivity (Wildman–Crippen MR) is 287 cm³/mol. The van der Waals surface area contributed by atoms with Gasteiger partial charge < -0.3 is 30.0 Å². The Bertz CT molecular complexity index is 3920. The first-order valence-electron chi connectivity index (χ1n) is 24.1. The Morgan fingerprint density at radius 1 is 0.747 bits per heavy atom. The van der Waals surface area contributed by atoms with Crippen LogP contribution in [0.25, 0.3) is 66.5 Å². The van der Waals surface area contributed by atoms with E-state index in [0.717, 1.165) is 39.7 Å². The van der Waals surface area contributed by atoms with Crippen molar-refractivity contribution in [1.29, 1.82) is 0 Å². The maximum absolute atomic E-state index is 15.6. The first kappa shape index (κ1) is 51.1. The van der Waals surface area contributed by atoms with Crippen LogP contribution < -0.4 is 30.2 Å². The number of carbonyl (C=O) groups is 4. The predicted octanol–water partition coefficient (Wildman–Crippen LogP) is 9.30. The molecule has 5 aromatic carbocycles. The molecule has 9 rings (SSSR count). The average Bonchev–Trinajstić information content (AvgIpc) is 3.77. The summed E-state index contributed by atoms with van der Waals surface area (Å²) in [7, 11) is 3.79. The molecule has 0 saturated heterocycles. The van der Waals surface area contributed by atoms with Gasteiger partial charge in [0.25, 0.3) is 11.8 Å². The lowest BCUT2D eigenvalue weighted by Gasteiger charge is -2.19. The van der Waals surface area contributed by atoms with Crippen molar-refractivity contribution in [2.75, 3.05) is 56.7 Å². The summed E-state index contributed by atoms with van der Waals surface area (Å²) in [5.74, 6) is -5.04. The summed E-state index contributed by atoms with van der Waals surface area (Å²) in [5, 5.41) is 19.1. The number of nitrogens with zero attached hydrogens (tertiary/aromatic N) is 3. The number of carboxylic acid groups (broad SMARTS) is 1. The highest BCUT2D eigenvalue weighted by atomic mass is 32.2. The Morgan fingerprint density at radius 2 is 1.44 bits per heavy atom. The van der Waals surface area contributed by atoms with Crippen LogP contribution in [0, 0.1) is 11.6 Å². The molecule has 18 heteroatoms. The number of ketones is 1. The van der Waals surface area contributed by atoms with Gasteiger partial charge in [-0.2, -0.15) is 0 Å². The Hall–Kier alpha value is -8.77. The molecule has 1 aliphatic carbocycles. The zero-order chi connectivity index (χ0) is 53.3. The molecular formula is C57H52F2N7O8S+. The van der Waals surface area contributed by atoms with Crippen LogP contribution in [0.3, 0.4) is 0 Å². The van der Waals surface area contributed by atoms with Crippen LogP contribution in [0.1, 0.15) is 73.2 Å². The number of nitrogens with one attached hydrogen (secondary N) is 4. The molecule has 0 spiro atoms. The van der Waals surface area contributed by atoms with E-state index < -0.39 is 50.6 Å². The van der Waals surface area contributed by atoms with E-state index in [1.165, 1.54) is 18.2 Å². The minimum atomic E-state index is -3.92. The van der Waals surface area contributed by atoms with E-state index in [2.05, 4.69) is 25.3 Å². The molecular weight excluding hydrogens is 981 g/mol. The van der Waals surface area contributed by atoms with Crippen LogP contribution in [0.4, 0.5) is 20.2 Å². The molecule has 2 aliphatic rings. The van der Waals surface area contributed by atoms with Crippen LogP contribution in [-0.4, -0.2) is 94.1 Å². The smallest absolute Gasteiger partial charge is 0.336 e. The largest absolute Gasteiger partial charge is 0.478 e. The fourth-order valence-electron chi connectivity index (χ4n) is 9.01. The van der Waals surface area contributed by atoms with Crippen molar-refractivity contribution in [3.8, 4) is 33.6 Å². The summed E-state index contributed by atoms with van der Waals surface area (Å²) in [6.07, 6.45) is 3.01. The summed E-state index contributed by atoms with van der Waals surface area (Å²) < 4.78 is 65.7. The number of hydrogen-bond acceptors (Lipinski definition) is 9. The zero-order valence-corrected chi connectivity index (χ0v) is 42.4. The Labute approximate surface area is 429 Å². The number of sulfonamides is 1. The fraction of sp³-hybridized carbons (Fsp3) is 0.193. The molecule has 7 aromatic rings.